The van der Waals surface area contributed by atoms with Crippen molar-refractivity contribution in [2.45, 2.75) is 46.4 Å². The van der Waals surface area contributed by atoms with E-state index in [0.29, 0.717) is 24.3 Å². The van der Waals surface area contributed by atoms with Gasteiger partial charge in [-0.15, -0.1) is 0 Å². The number of anilines is 1. The van der Waals surface area contributed by atoms with Crippen LogP contribution in [0.15, 0.2) is 40.9 Å². The maximum absolute atomic E-state index is 12.6. The number of carbonyl (C=O) groups is 2. The van der Waals surface area contributed by atoms with Gasteiger partial charge in [-0.1, -0.05) is 22.0 Å². The molecule has 0 saturated heterocycles. The predicted molar refractivity (Wildman–Crippen MR) is 109 cm³/mol. The van der Waals surface area contributed by atoms with Gasteiger partial charge < -0.3 is 10.1 Å². The summed E-state index contributed by atoms with van der Waals surface area (Å²) in [6.07, 6.45) is -0.324. The standard InChI is InChI=1S/C21H23BrN2O3/c1-13-9-16(22)6-8-18(13)19(25)23-17-7-5-14-11-24(12-15(14)10-17)20(26)27-21(2,3)4/h5-10H,11-12H2,1-4H3,(H,23,25). The van der Waals surface area contributed by atoms with Crippen LogP contribution in [0.5, 0.6) is 0 Å². The second-order valence-corrected chi connectivity index (χ2v) is 8.65. The molecule has 1 aliphatic heterocycles. The van der Waals surface area contributed by atoms with E-state index in [1.54, 1.807) is 11.0 Å². The third-order valence-electron chi connectivity index (χ3n) is 4.27. The highest BCUT2D eigenvalue weighted by Crippen LogP contribution is 2.27. The summed E-state index contributed by atoms with van der Waals surface area (Å²) in [6.45, 7) is 8.46. The Kier molecular flexibility index (Phi) is 5.29. The molecule has 0 atom stereocenters. The summed E-state index contributed by atoms with van der Waals surface area (Å²) in [5.74, 6) is -0.151. The summed E-state index contributed by atoms with van der Waals surface area (Å²) < 4.78 is 6.38. The molecular formula is C21H23BrN2O3. The van der Waals surface area contributed by atoms with E-state index >= 15 is 0 Å². The molecule has 5 nitrogen and oxygen atoms in total. The van der Waals surface area contributed by atoms with E-state index < -0.39 is 5.60 Å². The van der Waals surface area contributed by atoms with Crippen molar-refractivity contribution in [1.82, 2.24) is 4.90 Å². The van der Waals surface area contributed by atoms with Crippen LogP contribution in [-0.2, 0) is 17.8 Å². The molecule has 6 heteroatoms. The molecule has 0 aromatic heterocycles. The Labute approximate surface area is 167 Å². The van der Waals surface area contributed by atoms with Crippen molar-refractivity contribution in [2.75, 3.05) is 5.32 Å². The highest BCUT2D eigenvalue weighted by atomic mass is 79.9. The number of carbonyl (C=O) groups excluding carboxylic acids is 2. The Morgan fingerprint density at radius 3 is 2.44 bits per heavy atom. The first-order chi connectivity index (χ1) is 12.6. The molecule has 1 aliphatic rings. The highest BCUT2D eigenvalue weighted by Gasteiger charge is 2.28. The number of benzene rings is 2. The van der Waals surface area contributed by atoms with E-state index in [4.69, 9.17) is 4.74 Å². The third-order valence-corrected chi connectivity index (χ3v) is 4.76. The fourth-order valence-electron chi connectivity index (χ4n) is 3.01. The smallest absolute Gasteiger partial charge is 0.410 e. The SMILES string of the molecule is Cc1cc(Br)ccc1C(=O)Nc1ccc2c(c1)CN(C(=O)OC(C)(C)C)C2. The quantitative estimate of drug-likeness (QED) is 0.706. The van der Waals surface area contributed by atoms with Crippen LogP contribution < -0.4 is 5.32 Å². The molecule has 0 aliphatic carbocycles. The topological polar surface area (TPSA) is 58.6 Å². The van der Waals surface area contributed by atoms with Crippen LogP contribution in [0.25, 0.3) is 0 Å². The van der Waals surface area contributed by atoms with Crippen molar-refractivity contribution in [1.29, 1.82) is 0 Å². The van der Waals surface area contributed by atoms with E-state index in [2.05, 4.69) is 21.2 Å². The van der Waals surface area contributed by atoms with Crippen LogP contribution in [0.4, 0.5) is 10.5 Å². The third kappa shape index (κ3) is 4.69. The van der Waals surface area contributed by atoms with Gasteiger partial charge in [0.05, 0.1) is 0 Å². The van der Waals surface area contributed by atoms with Gasteiger partial charge in [0.1, 0.15) is 5.60 Å². The first-order valence-electron chi connectivity index (χ1n) is 8.79. The maximum Gasteiger partial charge on any atom is 0.410 e. The van der Waals surface area contributed by atoms with Crippen LogP contribution in [0.3, 0.4) is 0 Å². The molecule has 2 amide bonds. The number of nitrogens with one attached hydrogen (secondary N) is 1. The fourth-order valence-corrected chi connectivity index (χ4v) is 3.48. The Balaban J connectivity index is 1.71. The Hall–Kier alpha value is -2.34. The molecule has 0 bridgehead atoms. The molecule has 0 spiro atoms. The number of amides is 2. The normalized spacial score (nSPS) is 13.3. The molecule has 2 aromatic rings. The van der Waals surface area contributed by atoms with Crippen LogP contribution >= 0.6 is 15.9 Å². The Bertz CT molecular complexity index is 903. The van der Waals surface area contributed by atoms with Crippen molar-refractivity contribution in [3.8, 4) is 0 Å². The molecule has 2 aromatic carbocycles. The summed E-state index contributed by atoms with van der Waals surface area (Å²) in [7, 11) is 0. The van der Waals surface area contributed by atoms with Gasteiger partial charge >= 0.3 is 6.09 Å². The Morgan fingerprint density at radius 2 is 1.78 bits per heavy atom. The first-order valence-corrected chi connectivity index (χ1v) is 9.59. The van der Waals surface area contributed by atoms with Gasteiger partial charge in [0, 0.05) is 28.8 Å². The summed E-state index contributed by atoms with van der Waals surface area (Å²) in [4.78, 5) is 26.5. The number of hydrogen-bond donors (Lipinski definition) is 1. The number of aryl methyl sites for hydroxylation is 1. The average Bonchev–Trinajstić information content (AvgIpc) is 2.96. The van der Waals surface area contributed by atoms with Gasteiger partial charge in [0.15, 0.2) is 0 Å². The molecular weight excluding hydrogens is 408 g/mol. The van der Waals surface area contributed by atoms with Gasteiger partial charge in [0.25, 0.3) is 5.91 Å². The summed E-state index contributed by atoms with van der Waals surface area (Å²) >= 11 is 3.41. The van der Waals surface area contributed by atoms with Gasteiger partial charge in [-0.05, 0) is 74.7 Å². The molecule has 0 fully saturated rings. The highest BCUT2D eigenvalue weighted by molar-refractivity contribution is 9.10. The Morgan fingerprint density at radius 1 is 1.07 bits per heavy atom. The zero-order chi connectivity index (χ0) is 19.8. The predicted octanol–water partition coefficient (Wildman–Crippen LogP) is 5.26. The van der Waals surface area contributed by atoms with Crippen LogP contribution in [0, 0.1) is 6.92 Å². The second kappa shape index (κ2) is 7.35. The average molecular weight is 431 g/mol. The minimum absolute atomic E-state index is 0.151. The maximum atomic E-state index is 12.6. The van der Waals surface area contributed by atoms with Crippen LogP contribution in [0.1, 0.15) is 47.8 Å². The van der Waals surface area contributed by atoms with Crippen molar-refractivity contribution < 1.29 is 14.3 Å². The van der Waals surface area contributed by atoms with Crippen molar-refractivity contribution in [2.24, 2.45) is 0 Å². The summed E-state index contributed by atoms with van der Waals surface area (Å²) in [5, 5.41) is 2.94. The van der Waals surface area contributed by atoms with Crippen molar-refractivity contribution >= 4 is 33.6 Å². The van der Waals surface area contributed by atoms with Gasteiger partial charge in [0.2, 0.25) is 0 Å². The fraction of sp³-hybridized carbons (Fsp3) is 0.333. The van der Waals surface area contributed by atoms with E-state index in [1.165, 1.54) is 0 Å². The number of halogens is 1. The lowest BCUT2D eigenvalue weighted by atomic mass is 10.1. The number of hydrogen-bond acceptors (Lipinski definition) is 3. The number of ether oxygens (including phenoxy) is 1. The number of rotatable bonds is 2. The second-order valence-electron chi connectivity index (χ2n) is 7.73. The largest absolute Gasteiger partial charge is 0.444 e. The van der Waals surface area contributed by atoms with Crippen LogP contribution in [0.2, 0.25) is 0 Å². The van der Waals surface area contributed by atoms with Crippen molar-refractivity contribution in [3.63, 3.8) is 0 Å². The van der Waals surface area contributed by atoms with Gasteiger partial charge in [-0.2, -0.15) is 0 Å². The van der Waals surface area contributed by atoms with Crippen LogP contribution in [-0.4, -0.2) is 22.5 Å². The van der Waals surface area contributed by atoms with Gasteiger partial charge in [-0.25, -0.2) is 4.79 Å². The zero-order valence-corrected chi connectivity index (χ0v) is 17.5. The van der Waals surface area contributed by atoms with E-state index in [-0.39, 0.29) is 12.0 Å². The first kappa shape index (κ1) is 19.4. The minimum atomic E-state index is -0.520. The monoisotopic (exact) mass is 430 g/mol. The van der Waals surface area contributed by atoms with Gasteiger partial charge in [-0.3, -0.25) is 9.69 Å². The lowest BCUT2D eigenvalue weighted by molar-refractivity contribution is 0.0241. The van der Waals surface area contributed by atoms with E-state index in [0.717, 1.165) is 21.2 Å². The van der Waals surface area contributed by atoms with Crippen molar-refractivity contribution in [3.05, 3.63) is 63.1 Å². The summed E-state index contributed by atoms with van der Waals surface area (Å²) in [5.41, 5.74) is 3.82. The molecule has 0 radical (unpaired) electrons. The lowest BCUT2D eigenvalue weighted by Gasteiger charge is -2.24. The molecule has 0 saturated carbocycles. The molecule has 0 unspecified atom stereocenters. The van der Waals surface area contributed by atoms with E-state index in [9.17, 15) is 9.59 Å². The number of nitrogens with zero attached hydrogens (tertiary/aromatic N) is 1. The lowest BCUT2D eigenvalue weighted by Crippen LogP contribution is -2.33. The van der Waals surface area contributed by atoms with E-state index in [1.807, 2.05) is 58.0 Å². The molecule has 27 heavy (non-hydrogen) atoms. The molecule has 3 rings (SSSR count). The minimum Gasteiger partial charge on any atom is -0.444 e. The molecule has 1 N–H and O–H groups in total. The molecule has 1 heterocycles. The number of fused-ring (bicyclic) bond motifs is 1. The zero-order valence-electron chi connectivity index (χ0n) is 15.9. The molecule has 142 valence electrons. The summed E-state index contributed by atoms with van der Waals surface area (Å²) in [6, 6.07) is 11.3.